The molecule has 0 saturated heterocycles. The van der Waals surface area contributed by atoms with Crippen LogP contribution in [0, 0.1) is 0 Å². The Bertz CT molecular complexity index is 444. The zero-order chi connectivity index (χ0) is 12.1. The SMILES string of the molecule is C=C(C)CC(=O)/C=C/c1ccc(O)c(O)c1. The second kappa shape index (κ2) is 5.16. The van der Waals surface area contributed by atoms with Crippen molar-refractivity contribution in [2.45, 2.75) is 13.3 Å². The number of hydrogen-bond acceptors (Lipinski definition) is 3. The smallest absolute Gasteiger partial charge is 0.159 e. The number of allylic oxidation sites excluding steroid dienone is 2. The van der Waals surface area contributed by atoms with Gasteiger partial charge in [0, 0.05) is 6.42 Å². The van der Waals surface area contributed by atoms with Crippen LogP contribution in [0.2, 0.25) is 0 Å². The highest BCUT2D eigenvalue weighted by atomic mass is 16.3. The van der Waals surface area contributed by atoms with Gasteiger partial charge < -0.3 is 10.2 Å². The molecule has 1 rings (SSSR count). The Morgan fingerprint density at radius 1 is 1.38 bits per heavy atom. The van der Waals surface area contributed by atoms with Crippen molar-refractivity contribution >= 4 is 11.9 Å². The first-order chi connectivity index (χ1) is 7.49. The van der Waals surface area contributed by atoms with Crippen molar-refractivity contribution < 1.29 is 15.0 Å². The van der Waals surface area contributed by atoms with E-state index < -0.39 is 0 Å². The Hall–Kier alpha value is -2.03. The van der Waals surface area contributed by atoms with Crippen LogP contribution in [-0.4, -0.2) is 16.0 Å². The predicted octanol–water partition coefficient (Wildman–Crippen LogP) is 2.65. The minimum atomic E-state index is -0.200. The first-order valence-electron chi connectivity index (χ1n) is 4.86. The molecule has 16 heavy (non-hydrogen) atoms. The molecule has 0 aliphatic heterocycles. The number of rotatable bonds is 4. The van der Waals surface area contributed by atoms with E-state index in [0.717, 1.165) is 5.57 Å². The van der Waals surface area contributed by atoms with Gasteiger partial charge in [-0.3, -0.25) is 4.79 Å². The summed E-state index contributed by atoms with van der Waals surface area (Å²) in [5, 5.41) is 18.3. The molecule has 0 radical (unpaired) electrons. The maximum absolute atomic E-state index is 11.3. The lowest BCUT2D eigenvalue weighted by Crippen LogP contribution is -1.91. The van der Waals surface area contributed by atoms with Gasteiger partial charge in [0.25, 0.3) is 0 Å². The monoisotopic (exact) mass is 218 g/mol. The summed E-state index contributed by atoms with van der Waals surface area (Å²) < 4.78 is 0. The molecule has 3 nitrogen and oxygen atoms in total. The van der Waals surface area contributed by atoms with Crippen LogP contribution in [0.1, 0.15) is 18.9 Å². The van der Waals surface area contributed by atoms with E-state index in [2.05, 4.69) is 6.58 Å². The Kier molecular flexibility index (Phi) is 3.89. The van der Waals surface area contributed by atoms with E-state index in [1.165, 1.54) is 18.2 Å². The number of carbonyl (C=O) groups is 1. The van der Waals surface area contributed by atoms with Crippen LogP contribution in [0.5, 0.6) is 11.5 Å². The Balaban J connectivity index is 2.73. The van der Waals surface area contributed by atoms with E-state index in [4.69, 9.17) is 5.11 Å². The highest BCUT2D eigenvalue weighted by molar-refractivity contribution is 5.94. The van der Waals surface area contributed by atoms with Crippen molar-refractivity contribution in [2.75, 3.05) is 0 Å². The highest BCUT2D eigenvalue weighted by Gasteiger charge is 1.99. The molecule has 0 atom stereocenters. The van der Waals surface area contributed by atoms with Gasteiger partial charge in [-0.1, -0.05) is 24.3 Å². The zero-order valence-electron chi connectivity index (χ0n) is 9.10. The third kappa shape index (κ3) is 3.61. The molecule has 84 valence electrons. The van der Waals surface area contributed by atoms with Crippen molar-refractivity contribution in [3.63, 3.8) is 0 Å². The third-order valence-corrected chi connectivity index (χ3v) is 1.94. The van der Waals surface area contributed by atoms with Crippen molar-refractivity contribution in [1.29, 1.82) is 0 Å². The van der Waals surface area contributed by atoms with Crippen molar-refractivity contribution in [3.8, 4) is 11.5 Å². The molecule has 1 aromatic carbocycles. The number of aromatic hydroxyl groups is 2. The van der Waals surface area contributed by atoms with Gasteiger partial charge in [-0.15, -0.1) is 0 Å². The molecule has 0 spiro atoms. The molecule has 0 bridgehead atoms. The molecular formula is C13H14O3. The molecule has 0 aliphatic carbocycles. The molecule has 0 amide bonds. The first-order valence-corrected chi connectivity index (χ1v) is 4.86. The molecular weight excluding hydrogens is 204 g/mol. The van der Waals surface area contributed by atoms with Gasteiger partial charge in [0.15, 0.2) is 17.3 Å². The molecule has 0 saturated carbocycles. The fourth-order valence-corrected chi connectivity index (χ4v) is 1.19. The fourth-order valence-electron chi connectivity index (χ4n) is 1.19. The standard InChI is InChI=1S/C13H14O3/c1-9(2)7-11(14)5-3-10-4-6-12(15)13(16)8-10/h3-6,8,15-16H,1,7H2,2H3/b5-3+. The predicted molar refractivity (Wildman–Crippen MR) is 63.2 cm³/mol. The van der Waals surface area contributed by atoms with Gasteiger partial charge in [0.2, 0.25) is 0 Å². The summed E-state index contributed by atoms with van der Waals surface area (Å²) in [4.78, 5) is 11.3. The number of benzene rings is 1. The van der Waals surface area contributed by atoms with E-state index in [1.807, 2.05) is 0 Å². The second-order valence-electron chi connectivity index (χ2n) is 3.68. The topological polar surface area (TPSA) is 57.5 Å². The number of phenolic OH excluding ortho intramolecular Hbond substituents is 2. The molecule has 0 aromatic heterocycles. The van der Waals surface area contributed by atoms with Gasteiger partial charge in [-0.2, -0.15) is 0 Å². The fraction of sp³-hybridized carbons (Fsp3) is 0.154. The minimum absolute atomic E-state index is 0.0416. The van der Waals surface area contributed by atoms with Crippen LogP contribution < -0.4 is 0 Å². The quantitative estimate of drug-likeness (QED) is 0.464. The summed E-state index contributed by atoms with van der Waals surface area (Å²) in [5.74, 6) is -0.417. The largest absolute Gasteiger partial charge is 0.504 e. The van der Waals surface area contributed by atoms with E-state index >= 15 is 0 Å². The third-order valence-electron chi connectivity index (χ3n) is 1.94. The van der Waals surface area contributed by atoms with Crippen molar-refractivity contribution in [3.05, 3.63) is 42.0 Å². The lowest BCUT2D eigenvalue weighted by atomic mass is 10.1. The minimum Gasteiger partial charge on any atom is -0.504 e. The van der Waals surface area contributed by atoms with Gasteiger partial charge in [-0.05, 0) is 30.7 Å². The van der Waals surface area contributed by atoms with Crippen LogP contribution in [0.3, 0.4) is 0 Å². The first kappa shape index (κ1) is 12.0. The molecule has 2 N–H and O–H groups in total. The average molecular weight is 218 g/mol. The van der Waals surface area contributed by atoms with Gasteiger partial charge in [-0.25, -0.2) is 0 Å². The van der Waals surface area contributed by atoms with E-state index in [1.54, 1.807) is 19.1 Å². The van der Waals surface area contributed by atoms with E-state index in [9.17, 15) is 9.90 Å². The Morgan fingerprint density at radius 3 is 2.62 bits per heavy atom. The second-order valence-corrected chi connectivity index (χ2v) is 3.68. The number of hydrogen-bond donors (Lipinski definition) is 2. The zero-order valence-corrected chi connectivity index (χ0v) is 9.10. The summed E-state index contributed by atoms with van der Waals surface area (Å²) in [6.45, 7) is 5.44. The van der Waals surface area contributed by atoms with Crippen molar-refractivity contribution in [1.82, 2.24) is 0 Å². The van der Waals surface area contributed by atoms with Crippen LogP contribution in [0.15, 0.2) is 36.4 Å². The van der Waals surface area contributed by atoms with Gasteiger partial charge in [0.1, 0.15) is 0 Å². The lowest BCUT2D eigenvalue weighted by Gasteiger charge is -1.98. The van der Waals surface area contributed by atoms with Crippen LogP contribution in [0.4, 0.5) is 0 Å². The van der Waals surface area contributed by atoms with Gasteiger partial charge in [0.05, 0.1) is 0 Å². The molecule has 1 aromatic rings. The van der Waals surface area contributed by atoms with Crippen molar-refractivity contribution in [2.24, 2.45) is 0 Å². The molecule has 0 heterocycles. The van der Waals surface area contributed by atoms with E-state index in [-0.39, 0.29) is 17.3 Å². The molecule has 0 fully saturated rings. The Morgan fingerprint density at radius 2 is 2.06 bits per heavy atom. The van der Waals surface area contributed by atoms with Crippen LogP contribution in [0.25, 0.3) is 6.08 Å². The molecule has 0 aliphatic rings. The summed E-state index contributed by atoms with van der Waals surface area (Å²) in [6, 6.07) is 4.37. The normalized spacial score (nSPS) is 10.6. The van der Waals surface area contributed by atoms with E-state index in [0.29, 0.717) is 12.0 Å². The summed E-state index contributed by atoms with van der Waals surface area (Å²) in [7, 11) is 0. The lowest BCUT2D eigenvalue weighted by molar-refractivity contribution is -0.113. The van der Waals surface area contributed by atoms with Gasteiger partial charge >= 0.3 is 0 Å². The number of phenols is 2. The summed E-state index contributed by atoms with van der Waals surface area (Å²) in [6.07, 6.45) is 3.34. The Labute approximate surface area is 94.4 Å². The maximum atomic E-state index is 11.3. The summed E-state index contributed by atoms with van der Waals surface area (Å²) in [5.41, 5.74) is 1.47. The molecule has 3 heteroatoms. The average Bonchev–Trinajstić information content (AvgIpc) is 2.19. The maximum Gasteiger partial charge on any atom is 0.159 e. The molecule has 0 unspecified atom stereocenters. The summed E-state index contributed by atoms with van der Waals surface area (Å²) >= 11 is 0. The number of carbonyl (C=O) groups excluding carboxylic acids is 1. The van der Waals surface area contributed by atoms with Crippen LogP contribution in [-0.2, 0) is 4.79 Å². The number of ketones is 1. The highest BCUT2D eigenvalue weighted by Crippen LogP contribution is 2.25. The van der Waals surface area contributed by atoms with Crippen LogP contribution >= 0.6 is 0 Å².